The summed E-state index contributed by atoms with van der Waals surface area (Å²) in [5.74, 6) is -0.636. The Morgan fingerprint density at radius 2 is 2.00 bits per heavy atom. The van der Waals surface area contributed by atoms with E-state index in [-0.39, 0.29) is 21.9 Å². The maximum atomic E-state index is 12.7. The van der Waals surface area contributed by atoms with Gasteiger partial charge < -0.3 is 0 Å². The Kier molecular flexibility index (Phi) is 4.55. The van der Waals surface area contributed by atoms with Crippen molar-refractivity contribution in [2.45, 2.75) is 11.3 Å². The smallest absolute Gasteiger partial charge is 0.266 e. The molecule has 2 heterocycles. The summed E-state index contributed by atoms with van der Waals surface area (Å²) in [5.41, 5.74) is 3.52. The molecule has 0 fully saturated rings. The van der Waals surface area contributed by atoms with Crippen LogP contribution in [0.4, 0.5) is 0 Å². The zero-order valence-electron chi connectivity index (χ0n) is 13.7. The maximum absolute atomic E-state index is 12.7. The van der Waals surface area contributed by atoms with E-state index in [1.165, 1.54) is 23.6 Å². The first-order valence-corrected chi connectivity index (χ1v) is 10.6. The number of rotatable bonds is 4. The van der Waals surface area contributed by atoms with Gasteiger partial charge in [0.05, 0.1) is 27.7 Å². The van der Waals surface area contributed by atoms with Crippen LogP contribution in [0.2, 0.25) is 5.02 Å². The number of carbonyl (C=O) groups excluding carboxylic acids is 1. The van der Waals surface area contributed by atoms with E-state index in [0.29, 0.717) is 10.9 Å². The minimum absolute atomic E-state index is 0.0704. The number of pyridine rings is 1. The van der Waals surface area contributed by atoms with Crippen molar-refractivity contribution in [3.63, 3.8) is 0 Å². The van der Waals surface area contributed by atoms with Crippen LogP contribution in [0.5, 0.6) is 0 Å². The highest BCUT2D eigenvalue weighted by Crippen LogP contribution is 2.26. The van der Waals surface area contributed by atoms with Crippen molar-refractivity contribution in [3.8, 4) is 0 Å². The quantitative estimate of drug-likeness (QED) is 0.548. The minimum atomic E-state index is -4.12. The molecule has 0 radical (unpaired) electrons. The third-order valence-electron chi connectivity index (χ3n) is 3.93. The van der Waals surface area contributed by atoms with Crippen molar-refractivity contribution >= 4 is 60.0 Å². The van der Waals surface area contributed by atoms with Gasteiger partial charge in [-0.05, 0) is 35.9 Å². The summed E-state index contributed by atoms with van der Waals surface area (Å²) in [4.78, 5) is 20.5. The molecule has 0 unspecified atom stereocenters. The van der Waals surface area contributed by atoms with Gasteiger partial charge >= 0.3 is 0 Å². The van der Waals surface area contributed by atoms with Gasteiger partial charge in [-0.15, -0.1) is 11.3 Å². The average Bonchev–Trinajstić information content (AvgIpc) is 3.08. The molecule has 9 heteroatoms. The SMILES string of the molecule is O=C(Cc1ccc2ncsc2c1)NS(=O)(=O)c1cc(Cl)cc2cccnc12. The molecule has 0 saturated heterocycles. The average molecular weight is 418 g/mol. The molecule has 1 amide bonds. The number of amides is 1. The van der Waals surface area contributed by atoms with E-state index in [9.17, 15) is 13.2 Å². The lowest BCUT2D eigenvalue weighted by molar-refractivity contribution is -0.118. The van der Waals surface area contributed by atoms with E-state index in [2.05, 4.69) is 14.7 Å². The number of hydrogen-bond donors (Lipinski definition) is 1. The molecule has 136 valence electrons. The summed E-state index contributed by atoms with van der Waals surface area (Å²) in [6.07, 6.45) is 1.42. The molecule has 0 aliphatic heterocycles. The lowest BCUT2D eigenvalue weighted by Gasteiger charge is -2.10. The van der Waals surface area contributed by atoms with E-state index >= 15 is 0 Å². The number of nitrogens with zero attached hydrogens (tertiary/aromatic N) is 2. The zero-order chi connectivity index (χ0) is 19.0. The van der Waals surface area contributed by atoms with Gasteiger partial charge in [0, 0.05) is 16.6 Å². The maximum Gasteiger partial charge on any atom is 0.266 e. The van der Waals surface area contributed by atoms with E-state index in [1.807, 2.05) is 6.07 Å². The summed E-state index contributed by atoms with van der Waals surface area (Å²) in [6, 6.07) is 11.7. The molecule has 1 N–H and O–H groups in total. The van der Waals surface area contributed by atoms with Crippen molar-refractivity contribution in [3.05, 3.63) is 64.8 Å². The second-order valence-corrected chi connectivity index (χ2v) is 8.81. The summed E-state index contributed by atoms with van der Waals surface area (Å²) < 4.78 is 28.5. The zero-order valence-corrected chi connectivity index (χ0v) is 16.1. The first kappa shape index (κ1) is 17.8. The third-order valence-corrected chi connectivity index (χ3v) is 6.33. The Labute approximate surface area is 163 Å². The van der Waals surface area contributed by atoms with Crippen LogP contribution < -0.4 is 4.72 Å². The van der Waals surface area contributed by atoms with Gasteiger partial charge in [-0.1, -0.05) is 23.7 Å². The minimum Gasteiger partial charge on any atom is -0.274 e. The van der Waals surface area contributed by atoms with E-state index in [1.54, 1.807) is 35.8 Å². The van der Waals surface area contributed by atoms with Crippen LogP contribution in [0.3, 0.4) is 0 Å². The number of halogens is 1. The summed E-state index contributed by atoms with van der Waals surface area (Å²) in [5, 5.41) is 0.826. The fourth-order valence-electron chi connectivity index (χ4n) is 2.76. The Hall–Kier alpha value is -2.55. The molecule has 0 aliphatic carbocycles. The third kappa shape index (κ3) is 3.64. The molecule has 4 aromatic rings. The largest absolute Gasteiger partial charge is 0.274 e. The van der Waals surface area contributed by atoms with Gasteiger partial charge in [0.2, 0.25) is 5.91 Å². The number of fused-ring (bicyclic) bond motifs is 2. The summed E-state index contributed by atoms with van der Waals surface area (Å²) >= 11 is 7.49. The Morgan fingerprint density at radius 3 is 2.85 bits per heavy atom. The van der Waals surface area contributed by atoms with Crippen LogP contribution >= 0.6 is 22.9 Å². The number of thiazole rings is 1. The van der Waals surface area contributed by atoms with Crippen LogP contribution in [0.25, 0.3) is 21.1 Å². The van der Waals surface area contributed by atoms with Gasteiger partial charge in [0.25, 0.3) is 10.0 Å². The molecule has 0 bridgehead atoms. The van der Waals surface area contributed by atoms with Crippen molar-refractivity contribution in [1.29, 1.82) is 0 Å². The second-order valence-electron chi connectivity index (χ2n) is 5.84. The number of benzene rings is 2. The number of sulfonamides is 1. The second kappa shape index (κ2) is 6.88. The molecule has 0 spiro atoms. The summed E-state index contributed by atoms with van der Waals surface area (Å²) in [6.45, 7) is 0. The predicted octanol–water partition coefficient (Wildman–Crippen LogP) is 3.55. The van der Waals surface area contributed by atoms with Gasteiger partial charge in [-0.25, -0.2) is 18.1 Å². The Morgan fingerprint density at radius 1 is 1.15 bits per heavy atom. The van der Waals surface area contributed by atoms with Gasteiger partial charge in [-0.3, -0.25) is 9.78 Å². The molecule has 2 aromatic heterocycles. The van der Waals surface area contributed by atoms with Crippen LogP contribution in [0, 0.1) is 0 Å². The van der Waals surface area contributed by atoms with Crippen molar-refractivity contribution in [2.75, 3.05) is 0 Å². The van der Waals surface area contributed by atoms with Crippen LogP contribution in [0.1, 0.15) is 5.56 Å². The molecule has 0 saturated carbocycles. The van der Waals surface area contributed by atoms with Gasteiger partial charge in [0.1, 0.15) is 4.90 Å². The number of carbonyl (C=O) groups is 1. The van der Waals surface area contributed by atoms with Crippen molar-refractivity contribution < 1.29 is 13.2 Å². The van der Waals surface area contributed by atoms with Crippen LogP contribution in [-0.4, -0.2) is 24.3 Å². The highest BCUT2D eigenvalue weighted by molar-refractivity contribution is 7.90. The molecular formula is C18H12ClN3O3S2. The number of hydrogen-bond acceptors (Lipinski definition) is 6. The first-order chi connectivity index (χ1) is 12.9. The molecule has 6 nitrogen and oxygen atoms in total. The van der Waals surface area contributed by atoms with E-state index in [0.717, 1.165) is 10.2 Å². The summed E-state index contributed by atoms with van der Waals surface area (Å²) in [7, 11) is -4.12. The Bertz CT molecular complexity index is 1290. The van der Waals surface area contributed by atoms with Crippen LogP contribution in [0.15, 0.2) is 59.1 Å². The van der Waals surface area contributed by atoms with Gasteiger partial charge in [-0.2, -0.15) is 0 Å². The van der Waals surface area contributed by atoms with Crippen molar-refractivity contribution in [1.82, 2.24) is 14.7 Å². The molecule has 4 rings (SSSR count). The molecule has 27 heavy (non-hydrogen) atoms. The van der Waals surface area contributed by atoms with Crippen molar-refractivity contribution in [2.24, 2.45) is 0 Å². The highest BCUT2D eigenvalue weighted by atomic mass is 35.5. The van der Waals surface area contributed by atoms with Gasteiger partial charge in [0.15, 0.2) is 0 Å². The molecule has 0 aliphatic rings. The topological polar surface area (TPSA) is 89.0 Å². The fraction of sp³-hybridized carbons (Fsp3) is 0.0556. The van der Waals surface area contributed by atoms with E-state index < -0.39 is 15.9 Å². The molecule has 2 aromatic carbocycles. The normalized spacial score (nSPS) is 11.7. The predicted molar refractivity (Wildman–Crippen MR) is 105 cm³/mol. The van der Waals surface area contributed by atoms with Crippen LogP contribution in [-0.2, 0) is 21.2 Å². The number of aromatic nitrogens is 2. The molecular weight excluding hydrogens is 406 g/mol. The lowest BCUT2D eigenvalue weighted by Crippen LogP contribution is -2.32. The monoisotopic (exact) mass is 417 g/mol. The molecule has 0 atom stereocenters. The standard InChI is InChI=1S/C18H12ClN3O3S2/c19-13-8-12-2-1-5-20-18(12)16(9-13)27(24,25)22-17(23)7-11-3-4-14-15(6-11)26-10-21-14/h1-6,8-10H,7H2,(H,22,23). The Balaban J connectivity index is 1.62. The number of nitrogens with one attached hydrogen (secondary N) is 1. The highest BCUT2D eigenvalue weighted by Gasteiger charge is 2.22. The first-order valence-electron chi connectivity index (χ1n) is 7.84. The van der Waals surface area contributed by atoms with E-state index in [4.69, 9.17) is 11.6 Å². The lowest BCUT2D eigenvalue weighted by atomic mass is 10.1. The fourth-order valence-corrected chi connectivity index (χ4v) is 4.99.